The van der Waals surface area contributed by atoms with E-state index in [9.17, 15) is 4.79 Å². The van der Waals surface area contributed by atoms with E-state index in [0.29, 0.717) is 12.5 Å². The standard InChI is InChI=1S/C21H29N7O/c1-4-26(5-2)12-13-27-18-9-7-6-8-17(18)22-21(27)23-20(29)16-10-11-19-25-24-15(3)28(19)14-16/h6-9,16H,4-5,10-14H2,1-3H3,(H,22,23,29)/t16-/m0/s1. The Morgan fingerprint density at radius 1 is 1.24 bits per heavy atom. The molecule has 3 aromatic rings. The van der Waals surface area contributed by atoms with E-state index in [0.717, 1.165) is 61.7 Å². The van der Waals surface area contributed by atoms with Gasteiger partial charge in [-0.05, 0) is 38.6 Å². The number of rotatable bonds is 7. The van der Waals surface area contributed by atoms with Crippen LogP contribution in [0.25, 0.3) is 11.0 Å². The monoisotopic (exact) mass is 395 g/mol. The molecule has 0 unspecified atom stereocenters. The van der Waals surface area contributed by atoms with Crippen LogP contribution in [0.4, 0.5) is 5.95 Å². The van der Waals surface area contributed by atoms with Gasteiger partial charge >= 0.3 is 0 Å². The van der Waals surface area contributed by atoms with Crippen LogP contribution in [0, 0.1) is 12.8 Å². The van der Waals surface area contributed by atoms with E-state index >= 15 is 0 Å². The van der Waals surface area contributed by atoms with Crippen LogP contribution < -0.4 is 5.32 Å². The molecule has 1 atom stereocenters. The number of carbonyl (C=O) groups excluding carboxylic acids is 1. The number of nitrogens with zero attached hydrogens (tertiary/aromatic N) is 6. The number of imidazole rings is 1. The Bertz CT molecular complexity index is 1000. The van der Waals surface area contributed by atoms with Gasteiger partial charge in [-0.2, -0.15) is 0 Å². The van der Waals surface area contributed by atoms with Crippen LogP contribution in [-0.4, -0.2) is 54.8 Å². The molecule has 2 aromatic heterocycles. The van der Waals surface area contributed by atoms with Crippen LogP contribution in [0.1, 0.15) is 31.9 Å². The molecule has 8 nitrogen and oxygen atoms in total. The lowest BCUT2D eigenvalue weighted by Gasteiger charge is -2.23. The number of hydrogen-bond donors (Lipinski definition) is 1. The van der Waals surface area contributed by atoms with Gasteiger partial charge in [0.15, 0.2) is 0 Å². The third-order valence-electron chi connectivity index (χ3n) is 5.93. The Labute approximate surface area is 170 Å². The SMILES string of the molecule is CCN(CC)CCn1c(NC(=O)[C@H]2CCc3nnc(C)n3C2)nc2ccccc21. The lowest BCUT2D eigenvalue weighted by atomic mass is 9.98. The van der Waals surface area contributed by atoms with Crippen molar-refractivity contribution < 1.29 is 4.79 Å². The van der Waals surface area contributed by atoms with E-state index in [1.165, 1.54) is 0 Å². The Hall–Kier alpha value is -2.74. The van der Waals surface area contributed by atoms with Crippen LogP contribution >= 0.6 is 0 Å². The molecule has 29 heavy (non-hydrogen) atoms. The zero-order valence-electron chi connectivity index (χ0n) is 17.4. The van der Waals surface area contributed by atoms with Gasteiger partial charge in [-0.25, -0.2) is 4.98 Å². The highest BCUT2D eigenvalue weighted by molar-refractivity contribution is 5.93. The maximum absolute atomic E-state index is 13.1. The van der Waals surface area contributed by atoms with Gasteiger partial charge in [0, 0.05) is 26.1 Å². The predicted octanol–water partition coefficient (Wildman–Crippen LogP) is 2.48. The highest BCUT2D eigenvalue weighted by Crippen LogP contribution is 2.24. The van der Waals surface area contributed by atoms with Crippen LogP contribution in [0.5, 0.6) is 0 Å². The lowest BCUT2D eigenvalue weighted by molar-refractivity contribution is -0.120. The second-order valence-corrected chi connectivity index (χ2v) is 7.60. The van der Waals surface area contributed by atoms with Crippen LogP contribution in [0.2, 0.25) is 0 Å². The van der Waals surface area contributed by atoms with Crippen molar-refractivity contribution in [3.63, 3.8) is 0 Å². The highest BCUT2D eigenvalue weighted by Gasteiger charge is 2.28. The molecule has 0 aliphatic carbocycles. The summed E-state index contributed by atoms with van der Waals surface area (Å²) in [6, 6.07) is 8.05. The quantitative estimate of drug-likeness (QED) is 0.665. The van der Waals surface area contributed by atoms with Gasteiger partial charge in [0.1, 0.15) is 11.6 Å². The minimum absolute atomic E-state index is 0.0168. The van der Waals surface area contributed by atoms with E-state index in [4.69, 9.17) is 4.98 Å². The molecule has 0 fully saturated rings. The molecule has 154 valence electrons. The minimum atomic E-state index is -0.103. The summed E-state index contributed by atoms with van der Waals surface area (Å²) in [5, 5.41) is 11.4. The van der Waals surface area contributed by atoms with Crippen molar-refractivity contribution in [2.45, 2.75) is 46.7 Å². The summed E-state index contributed by atoms with van der Waals surface area (Å²) in [6.45, 7) is 10.6. The number of carbonyl (C=O) groups is 1. The van der Waals surface area contributed by atoms with Crippen molar-refractivity contribution >= 4 is 22.9 Å². The second kappa shape index (κ2) is 8.32. The number of aryl methyl sites for hydroxylation is 2. The Morgan fingerprint density at radius 2 is 2.03 bits per heavy atom. The smallest absolute Gasteiger partial charge is 0.231 e. The number of aromatic nitrogens is 5. The zero-order valence-corrected chi connectivity index (χ0v) is 17.4. The molecule has 8 heteroatoms. The summed E-state index contributed by atoms with van der Waals surface area (Å²) in [4.78, 5) is 20.1. The van der Waals surface area contributed by atoms with Gasteiger partial charge in [-0.15, -0.1) is 10.2 Å². The fourth-order valence-corrected chi connectivity index (χ4v) is 4.07. The lowest BCUT2D eigenvalue weighted by Crippen LogP contribution is -2.33. The number of hydrogen-bond acceptors (Lipinski definition) is 5. The first kappa shape index (κ1) is 19.6. The average Bonchev–Trinajstić information content (AvgIpc) is 3.28. The zero-order chi connectivity index (χ0) is 20.4. The highest BCUT2D eigenvalue weighted by atomic mass is 16.2. The van der Waals surface area contributed by atoms with Crippen LogP contribution in [0.15, 0.2) is 24.3 Å². The van der Waals surface area contributed by atoms with Gasteiger partial charge in [0.2, 0.25) is 11.9 Å². The van der Waals surface area contributed by atoms with E-state index in [2.05, 4.69) is 49.5 Å². The maximum Gasteiger partial charge on any atom is 0.231 e. The maximum atomic E-state index is 13.1. The Balaban J connectivity index is 1.55. The van der Waals surface area contributed by atoms with Crippen LogP contribution in [-0.2, 0) is 24.3 Å². The molecule has 1 aliphatic rings. The first-order chi connectivity index (χ1) is 14.1. The van der Waals surface area contributed by atoms with Crippen molar-refractivity contribution in [3.8, 4) is 0 Å². The summed E-state index contributed by atoms with van der Waals surface area (Å²) in [7, 11) is 0. The van der Waals surface area contributed by atoms with E-state index < -0.39 is 0 Å². The van der Waals surface area contributed by atoms with Crippen LogP contribution in [0.3, 0.4) is 0 Å². The number of nitrogens with one attached hydrogen (secondary N) is 1. The van der Waals surface area contributed by atoms with E-state index in [-0.39, 0.29) is 11.8 Å². The summed E-state index contributed by atoms with van der Waals surface area (Å²) in [5.41, 5.74) is 1.96. The normalized spacial score (nSPS) is 16.3. The molecule has 0 saturated carbocycles. The van der Waals surface area contributed by atoms with Gasteiger partial charge < -0.3 is 14.0 Å². The molecule has 0 radical (unpaired) electrons. The number of likely N-dealkylation sites (N-methyl/N-ethyl adjacent to an activating group) is 1. The summed E-state index contributed by atoms with van der Waals surface area (Å²) >= 11 is 0. The van der Waals surface area contributed by atoms with Crippen molar-refractivity contribution in [1.82, 2.24) is 29.2 Å². The number of para-hydroxylation sites is 2. The molecule has 1 N–H and O–H groups in total. The molecule has 4 rings (SSSR count). The average molecular weight is 396 g/mol. The fraction of sp³-hybridized carbons (Fsp3) is 0.524. The molecule has 0 saturated heterocycles. The van der Waals surface area contributed by atoms with E-state index in [1.54, 1.807) is 0 Å². The van der Waals surface area contributed by atoms with Gasteiger partial charge in [-0.3, -0.25) is 10.1 Å². The second-order valence-electron chi connectivity index (χ2n) is 7.60. The number of fused-ring (bicyclic) bond motifs is 2. The third-order valence-corrected chi connectivity index (χ3v) is 5.93. The number of amides is 1. The fourth-order valence-electron chi connectivity index (χ4n) is 4.07. The van der Waals surface area contributed by atoms with Gasteiger partial charge in [0.25, 0.3) is 0 Å². The van der Waals surface area contributed by atoms with Crippen molar-refractivity contribution in [2.24, 2.45) is 5.92 Å². The summed E-state index contributed by atoms with van der Waals surface area (Å²) in [5.74, 6) is 2.38. The molecular formula is C21H29N7O. The molecule has 0 spiro atoms. The third kappa shape index (κ3) is 3.89. The summed E-state index contributed by atoms with van der Waals surface area (Å²) < 4.78 is 4.18. The molecule has 0 bridgehead atoms. The van der Waals surface area contributed by atoms with Crippen molar-refractivity contribution in [3.05, 3.63) is 35.9 Å². The largest absolute Gasteiger partial charge is 0.314 e. The van der Waals surface area contributed by atoms with Gasteiger partial charge in [-0.1, -0.05) is 26.0 Å². The Morgan fingerprint density at radius 3 is 2.83 bits per heavy atom. The molecule has 1 aliphatic heterocycles. The van der Waals surface area contributed by atoms with E-state index in [1.807, 2.05) is 25.1 Å². The molecule has 1 aromatic carbocycles. The molecular weight excluding hydrogens is 366 g/mol. The predicted molar refractivity (Wildman–Crippen MR) is 113 cm³/mol. The summed E-state index contributed by atoms with van der Waals surface area (Å²) in [6.07, 6.45) is 1.56. The topological polar surface area (TPSA) is 80.9 Å². The minimum Gasteiger partial charge on any atom is -0.314 e. The Kier molecular flexibility index (Phi) is 5.62. The molecule has 3 heterocycles. The number of anilines is 1. The van der Waals surface area contributed by atoms with Gasteiger partial charge in [0.05, 0.1) is 17.0 Å². The first-order valence-corrected chi connectivity index (χ1v) is 10.5. The number of benzene rings is 1. The molecule has 1 amide bonds. The first-order valence-electron chi connectivity index (χ1n) is 10.5. The van der Waals surface area contributed by atoms with Crippen molar-refractivity contribution in [1.29, 1.82) is 0 Å². The van der Waals surface area contributed by atoms with Crippen molar-refractivity contribution in [2.75, 3.05) is 25.0 Å².